The van der Waals surface area contributed by atoms with E-state index in [2.05, 4.69) is 369 Å². The highest BCUT2D eigenvalue weighted by Crippen LogP contribution is 2.26. The summed E-state index contributed by atoms with van der Waals surface area (Å²) >= 11 is 0. The minimum atomic E-state index is 0.412. The third kappa shape index (κ3) is 35.3. The van der Waals surface area contributed by atoms with Gasteiger partial charge in [-0.15, -0.1) is 0 Å². The summed E-state index contributed by atoms with van der Waals surface area (Å²) in [5.74, 6) is 12.3. The van der Waals surface area contributed by atoms with Crippen LogP contribution in [0.3, 0.4) is 0 Å². The van der Waals surface area contributed by atoms with Crippen LogP contribution in [0.2, 0.25) is 0 Å². The SMILES string of the molecule is CC(C)c1cc(C(C)C)[nH]n1.CC(C)c1cc(C(C)C)n(C)n1.CC(C)c1ccc(C(C)C)nn1.CC(C)c1ccc(C(C)C)o1.CC(C)c1cn(C(C)C)cn1.CC(C)c1cnc(C(C)C)cn1.CC(C)c1cnnc(C(C)C)c1.CC(C)c1coc(C(C)C)c1.CC(C)c1ncn(C(C)C)n1. The van der Waals surface area contributed by atoms with Crippen LogP contribution >= 0.6 is 0 Å². The Labute approximate surface area is 626 Å². The van der Waals surface area contributed by atoms with Crippen molar-refractivity contribution in [2.45, 2.75) is 356 Å². The van der Waals surface area contributed by atoms with Gasteiger partial charge in [0.25, 0.3) is 0 Å². The Morgan fingerprint density at radius 2 is 0.806 bits per heavy atom. The zero-order valence-electron chi connectivity index (χ0n) is 71.6. The van der Waals surface area contributed by atoms with Crippen LogP contribution in [0.5, 0.6) is 0 Å². The van der Waals surface area contributed by atoms with Crippen LogP contribution in [0.4, 0.5) is 0 Å². The first kappa shape index (κ1) is 93.6. The van der Waals surface area contributed by atoms with Crippen LogP contribution in [-0.2, 0) is 7.05 Å². The molecule has 0 aliphatic heterocycles. The topological polar surface area (TPSA) is 199 Å². The quantitative estimate of drug-likeness (QED) is 0.0852. The number of aryl methyl sites for hydroxylation is 1. The molecule has 0 aliphatic carbocycles. The number of H-pyrrole nitrogens is 1. The Morgan fingerprint density at radius 1 is 0.340 bits per heavy atom. The van der Waals surface area contributed by atoms with Gasteiger partial charge in [0.1, 0.15) is 23.6 Å². The standard InChI is InChI=1S/C10H18N2.3C10H16N2.2C10H16O.2C9H16N2.C8H15N3/c1-7(2)9-6-10(8(3)4)12(5)11-9;1-7(2)9-5-12-10(6-11-9)8(3)4;1-7(2)9-5-10(8(3)4)12-11-6-9;1-7(2)9-5-6-10(8(3)4)12-11-9;1-7(2)9-5-10(8(3)4)11-6-9;1-7(2)9-5-6-10(11-9)8(3)4;1-7(2)9-5-11(6-10-9)8(3)4;1-6(2)8-5-9(7(3)4)11-10-8;1-6(2)8-9-5-11(10-8)7(3)4/h6-8H,1-5H3;3*5-8H,1-4H3;3*5-8H,1-4H3;5-7H,1-4H3,(H,10,11);5-7H,1-4H3. The van der Waals surface area contributed by atoms with Crippen molar-refractivity contribution in [2.24, 2.45) is 7.05 Å². The molecule has 0 aliphatic rings. The van der Waals surface area contributed by atoms with E-state index in [-0.39, 0.29) is 0 Å². The van der Waals surface area contributed by atoms with Crippen LogP contribution in [0.15, 0.2) is 101 Å². The monoisotopic (exact) mass is 1420 g/mol. The average molecular weight is 1420 g/mol. The van der Waals surface area contributed by atoms with Crippen molar-refractivity contribution < 1.29 is 8.83 Å². The summed E-state index contributed by atoms with van der Waals surface area (Å²) in [7, 11) is 2.02. The van der Waals surface area contributed by atoms with Gasteiger partial charge < -0.3 is 13.4 Å². The molecule has 9 aromatic heterocycles. The van der Waals surface area contributed by atoms with Gasteiger partial charge in [0, 0.05) is 72.8 Å². The molecule has 0 bridgehead atoms. The smallest absolute Gasteiger partial charge is 0.153 e. The summed E-state index contributed by atoms with van der Waals surface area (Å²) < 4.78 is 17.0. The van der Waals surface area contributed by atoms with E-state index in [9.17, 15) is 0 Å². The van der Waals surface area contributed by atoms with Gasteiger partial charge in [0.15, 0.2) is 5.82 Å². The summed E-state index contributed by atoms with van der Waals surface area (Å²) in [6, 6.07) is 17.8. The van der Waals surface area contributed by atoms with Crippen molar-refractivity contribution in [3.8, 4) is 0 Å². The molecule has 17 nitrogen and oxygen atoms in total. The molecule has 9 rings (SSSR count). The Kier molecular flexibility index (Phi) is 42.8. The molecule has 9 heterocycles. The third-order valence-corrected chi connectivity index (χ3v) is 16.7. The highest BCUT2D eigenvalue weighted by molar-refractivity contribution is 5.20. The largest absolute Gasteiger partial charge is 0.469 e. The molecule has 0 unspecified atom stereocenters. The molecule has 103 heavy (non-hydrogen) atoms. The number of hydrogen-bond donors (Lipinski definition) is 1. The fraction of sp³-hybridized carbons (Fsp3) is 0.640. The molecular weight excluding hydrogens is 1280 g/mol. The van der Waals surface area contributed by atoms with E-state index in [4.69, 9.17) is 8.83 Å². The Hall–Kier alpha value is -7.43. The van der Waals surface area contributed by atoms with Crippen LogP contribution in [0, 0.1) is 0 Å². The van der Waals surface area contributed by atoms with Crippen molar-refractivity contribution in [3.05, 3.63) is 183 Å². The van der Waals surface area contributed by atoms with Crippen LogP contribution < -0.4 is 0 Å². The maximum atomic E-state index is 5.61. The second-order valence-corrected chi connectivity index (χ2v) is 32.5. The maximum absolute atomic E-state index is 5.61. The van der Waals surface area contributed by atoms with Crippen molar-refractivity contribution in [2.75, 3.05) is 0 Å². The Morgan fingerprint density at radius 3 is 1.07 bits per heavy atom. The lowest BCUT2D eigenvalue weighted by atomic mass is 10.0. The molecule has 0 saturated heterocycles. The van der Waals surface area contributed by atoms with E-state index in [1.807, 2.05) is 47.6 Å². The van der Waals surface area contributed by atoms with Gasteiger partial charge in [0.05, 0.1) is 64.3 Å². The Bertz CT molecular complexity index is 3070. The molecule has 9 aromatic rings. The fourth-order valence-corrected chi connectivity index (χ4v) is 8.88. The van der Waals surface area contributed by atoms with Gasteiger partial charge in [-0.25, -0.2) is 9.97 Å². The molecule has 0 aromatic carbocycles. The van der Waals surface area contributed by atoms with E-state index < -0.39 is 0 Å². The molecule has 1 N–H and O–H groups in total. The van der Waals surface area contributed by atoms with Gasteiger partial charge in [-0.1, -0.05) is 222 Å². The zero-order chi connectivity index (χ0) is 78.9. The van der Waals surface area contributed by atoms with E-state index in [0.29, 0.717) is 107 Å². The van der Waals surface area contributed by atoms with Crippen LogP contribution in [0.25, 0.3) is 0 Å². The second-order valence-electron chi connectivity index (χ2n) is 32.5. The Balaban J connectivity index is 0.000000580. The molecule has 0 saturated carbocycles. The van der Waals surface area contributed by atoms with Crippen LogP contribution in [0.1, 0.15) is 447 Å². The maximum Gasteiger partial charge on any atom is 0.153 e. The number of aromatic amines is 1. The summed E-state index contributed by atoms with van der Waals surface area (Å²) in [5.41, 5.74) is 14.0. The van der Waals surface area contributed by atoms with E-state index >= 15 is 0 Å². The highest BCUT2D eigenvalue weighted by Gasteiger charge is 2.14. The number of aromatic nitrogens is 15. The lowest BCUT2D eigenvalue weighted by molar-refractivity contribution is 0.432. The summed E-state index contributed by atoms with van der Waals surface area (Å²) in [5, 5.41) is 32.4. The third-order valence-electron chi connectivity index (χ3n) is 16.7. The molecule has 0 atom stereocenters. The van der Waals surface area contributed by atoms with Gasteiger partial charge in [0.2, 0.25) is 0 Å². The first-order valence-corrected chi connectivity index (χ1v) is 38.6. The van der Waals surface area contributed by atoms with E-state index in [1.54, 1.807) is 6.33 Å². The molecule has 17 heteroatoms. The van der Waals surface area contributed by atoms with Crippen molar-refractivity contribution in [1.29, 1.82) is 0 Å². The van der Waals surface area contributed by atoms with Crippen molar-refractivity contribution in [3.63, 3.8) is 0 Å². The predicted molar refractivity (Wildman–Crippen MR) is 434 cm³/mol. The summed E-state index contributed by atoms with van der Waals surface area (Å²) in [4.78, 5) is 17.2. The molecular formula is C86H145N15O2. The second kappa shape index (κ2) is 47.1. The lowest BCUT2D eigenvalue weighted by Crippen LogP contribution is -2.02. The number of nitrogens with one attached hydrogen (secondary N) is 1. The van der Waals surface area contributed by atoms with Crippen molar-refractivity contribution >= 4 is 0 Å². The van der Waals surface area contributed by atoms with E-state index in [0.717, 1.165) is 57.3 Å². The molecule has 576 valence electrons. The summed E-state index contributed by atoms with van der Waals surface area (Å²) in [6.45, 7) is 77.2. The minimum Gasteiger partial charge on any atom is -0.469 e. The number of imidazole rings is 1. The molecule has 0 fully saturated rings. The van der Waals surface area contributed by atoms with Gasteiger partial charge in [-0.2, -0.15) is 35.7 Å². The van der Waals surface area contributed by atoms with Gasteiger partial charge in [-0.05, 0) is 158 Å². The average Bonchev–Trinajstić information content (AvgIpc) is 1.81. The predicted octanol–water partition coefficient (Wildman–Crippen LogP) is 25.1. The molecule has 0 amide bonds. The summed E-state index contributed by atoms with van der Waals surface area (Å²) in [6.07, 6.45) is 13.3. The molecule has 0 spiro atoms. The number of hydrogen-bond acceptors (Lipinski definition) is 13. The van der Waals surface area contributed by atoms with Crippen molar-refractivity contribution in [1.82, 2.24) is 74.7 Å². The first-order valence-electron chi connectivity index (χ1n) is 38.6. The minimum absolute atomic E-state index is 0.412. The van der Waals surface area contributed by atoms with Gasteiger partial charge in [-0.3, -0.25) is 24.4 Å². The highest BCUT2D eigenvalue weighted by atomic mass is 16.3. The van der Waals surface area contributed by atoms with E-state index in [1.165, 1.54) is 33.9 Å². The zero-order valence-corrected chi connectivity index (χ0v) is 71.6. The van der Waals surface area contributed by atoms with Gasteiger partial charge >= 0.3 is 0 Å². The first-order chi connectivity index (χ1) is 47.9. The number of nitrogens with zero attached hydrogens (tertiary/aromatic N) is 14. The normalized spacial score (nSPS) is 11.4. The number of furan rings is 2. The molecule has 0 radical (unpaired) electrons. The fourth-order valence-electron chi connectivity index (χ4n) is 8.88. The lowest BCUT2D eigenvalue weighted by Gasteiger charge is -2.07. The number of rotatable bonds is 18. The van der Waals surface area contributed by atoms with Crippen LogP contribution in [-0.4, -0.2) is 74.7 Å².